The van der Waals surface area contributed by atoms with Gasteiger partial charge in [-0.15, -0.1) is 22.7 Å². The Kier molecular flexibility index (Phi) is 4.31. The molecule has 26 heavy (non-hydrogen) atoms. The summed E-state index contributed by atoms with van der Waals surface area (Å²) in [6.45, 7) is 6.47. The Bertz CT molecular complexity index is 1100. The molecule has 0 saturated carbocycles. The fraction of sp³-hybridized carbons (Fsp3) is 0.190. The Labute approximate surface area is 161 Å². The van der Waals surface area contributed by atoms with E-state index in [1.165, 1.54) is 0 Å². The van der Waals surface area contributed by atoms with E-state index in [4.69, 9.17) is 4.98 Å². The lowest BCUT2D eigenvalue weighted by Gasteiger charge is -2.22. The highest BCUT2D eigenvalue weighted by atomic mass is 32.1. The van der Waals surface area contributed by atoms with E-state index in [2.05, 4.69) is 54.5 Å². The summed E-state index contributed by atoms with van der Waals surface area (Å²) < 4.78 is 2.11. The molecule has 4 rings (SSSR count). The fourth-order valence-corrected chi connectivity index (χ4v) is 4.07. The van der Waals surface area contributed by atoms with E-state index in [0.29, 0.717) is 0 Å². The first-order valence-corrected chi connectivity index (χ1v) is 10.1. The minimum atomic E-state index is -0.0559. The van der Waals surface area contributed by atoms with Crippen molar-refractivity contribution in [3.8, 4) is 22.4 Å². The van der Waals surface area contributed by atoms with Gasteiger partial charge in [0.05, 0.1) is 14.6 Å². The number of nitrogens with one attached hydrogen (secondary N) is 1. The summed E-state index contributed by atoms with van der Waals surface area (Å²) >= 11 is 3.34. The maximum absolute atomic E-state index is 4.86. The molecule has 130 valence electrons. The number of anilines is 1. The molecule has 0 aliphatic heterocycles. The predicted octanol–water partition coefficient (Wildman–Crippen LogP) is 5.73. The van der Waals surface area contributed by atoms with Gasteiger partial charge in [0.15, 0.2) is 0 Å². The van der Waals surface area contributed by atoms with Crippen LogP contribution in [0.1, 0.15) is 30.5 Å². The fourth-order valence-electron chi connectivity index (χ4n) is 2.65. The van der Waals surface area contributed by atoms with Gasteiger partial charge in [0.1, 0.15) is 17.2 Å². The normalized spacial score (nSPS) is 11.3. The van der Waals surface area contributed by atoms with Crippen molar-refractivity contribution in [1.29, 1.82) is 0 Å². The zero-order valence-electron chi connectivity index (χ0n) is 14.9. The van der Waals surface area contributed by atoms with Gasteiger partial charge in [0.2, 0.25) is 0 Å². The zero-order chi connectivity index (χ0) is 18.1. The molecule has 1 N–H and O–H groups in total. The second kappa shape index (κ2) is 6.64. The van der Waals surface area contributed by atoms with Gasteiger partial charge in [-0.1, -0.05) is 12.1 Å². The summed E-state index contributed by atoms with van der Waals surface area (Å²) in [6, 6.07) is 14.3. The summed E-state index contributed by atoms with van der Waals surface area (Å²) in [7, 11) is 0. The van der Waals surface area contributed by atoms with Crippen molar-refractivity contribution >= 4 is 34.1 Å². The minimum Gasteiger partial charge on any atom is -0.365 e. The number of hydrogen-bond donors (Lipinski definition) is 1. The average molecular weight is 378 g/mol. The highest BCUT2D eigenvalue weighted by molar-refractivity contribution is 7.16. The number of rotatable bonds is 2. The molecule has 5 heteroatoms. The average Bonchev–Trinajstić information content (AvgIpc) is 3.32. The van der Waals surface area contributed by atoms with Crippen LogP contribution in [0.3, 0.4) is 0 Å². The molecule has 4 aromatic heterocycles. The van der Waals surface area contributed by atoms with Crippen LogP contribution < -0.4 is 5.32 Å². The molecule has 3 nitrogen and oxygen atoms in total. The third kappa shape index (κ3) is 3.52. The topological polar surface area (TPSA) is 29.3 Å². The van der Waals surface area contributed by atoms with Crippen molar-refractivity contribution in [3.63, 3.8) is 0 Å². The Morgan fingerprint density at radius 3 is 2.62 bits per heavy atom. The van der Waals surface area contributed by atoms with Crippen molar-refractivity contribution in [2.24, 2.45) is 0 Å². The second-order valence-electron chi connectivity index (χ2n) is 7.00. The van der Waals surface area contributed by atoms with Crippen LogP contribution in [0.15, 0.2) is 54.0 Å². The minimum absolute atomic E-state index is 0.0559. The van der Waals surface area contributed by atoms with Crippen molar-refractivity contribution < 1.29 is 0 Å². The molecule has 0 radical (unpaired) electrons. The SMILES string of the molecule is CC(C)(C)Nc1c(-c2ccc(C#Cc3cccs3)s2)nc2ccccn12. The van der Waals surface area contributed by atoms with Crippen LogP contribution in [0.4, 0.5) is 5.82 Å². The summed E-state index contributed by atoms with van der Waals surface area (Å²) in [5.41, 5.74) is 1.86. The molecule has 4 heterocycles. The highest BCUT2D eigenvalue weighted by Crippen LogP contribution is 2.35. The van der Waals surface area contributed by atoms with Crippen LogP contribution in [0, 0.1) is 11.8 Å². The lowest BCUT2D eigenvalue weighted by molar-refractivity contribution is 0.630. The third-order valence-electron chi connectivity index (χ3n) is 3.69. The van der Waals surface area contributed by atoms with Gasteiger partial charge in [-0.25, -0.2) is 4.98 Å². The largest absolute Gasteiger partial charge is 0.365 e. The van der Waals surface area contributed by atoms with Gasteiger partial charge in [0, 0.05) is 11.7 Å². The number of nitrogens with zero attached hydrogens (tertiary/aromatic N) is 2. The molecular formula is C21H19N3S2. The molecule has 0 bridgehead atoms. The van der Waals surface area contributed by atoms with Gasteiger partial charge in [-0.05, 0) is 68.3 Å². The zero-order valence-corrected chi connectivity index (χ0v) is 16.5. The molecule has 0 unspecified atom stereocenters. The molecule has 0 aromatic carbocycles. The quantitative estimate of drug-likeness (QED) is 0.452. The van der Waals surface area contributed by atoms with Crippen molar-refractivity contribution in [1.82, 2.24) is 9.38 Å². The molecule has 0 aliphatic carbocycles. The lowest BCUT2D eigenvalue weighted by Crippen LogP contribution is -2.27. The van der Waals surface area contributed by atoms with E-state index in [0.717, 1.165) is 31.8 Å². The smallest absolute Gasteiger partial charge is 0.140 e. The Hall–Kier alpha value is -2.55. The number of pyridine rings is 1. The first kappa shape index (κ1) is 16.9. The molecule has 0 amide bonds. The number of thiophene rings is 2. The van der Waals surface area contributed by atoms with E-state index in [9.17, 15) is 0 Å². The Morgan fingerprint density at radius 1 is 1.00 bits per heavy atom. The van der Waals surface area contributed by atoms with Crippen molar-refractivity contribution in [3.05, 3.63) is 63.8 Å². The number of fused-ring (bicyclic) bond motifs is 1. The maximum Gasteiger partial charge on any atom is 0.140 e. The van der Waals surface area contributed by atoms with Gasteiger partial charge in [-0.3, -0.25) is 4.40 Å². The predicted molar refractivity (Wildman–Crippen MR) is 112 cm³/mol. The van der Waals surface area contributed by atoms with Gasteiger partial charge < -0.3 is 5.32 Å². The summed E-state index contributed by atoms with van der Waals surface area (Å²) in [5.74, 6) is 7.51. The van der Waals surface area contributed by atoms with E-state index < -0.39 is 0 Å². The highest BCUT2D eigenvalue weighted by Gasteiger charge is 2.20. The molecule has 0 atom stereocenters. The summed E-state index contributed by atoms with van der Waals surface area (Å²) in [6.07, 6.45) is 2.05. The van der Waals surface area contributed by atoms with E-state index >= 15 is 0 Å². The van der Waals surface area contributed by atoms with E-state index in [-0.39, 0.29) is 5.54 Å². The molecule has 0 fully saturated rings. The molecule has 0 spiro atoms. The van der Waals surface area contributed by atoms with Crippen LogP contribution in [0.2, 0.25) is 0 Å². The van der Waals surface area contributed by atoms with E-state index in [1.54, 1.807) is 22.7 Å². The number of hydrogen-bond acceptors (Lipinski definition) is 4. The first-order chi connectivity index (χ1) is 12.5. The Morgan fingerprint density at radius 2 is 1.85 bits per heavy atom. The third-order valence-corrected chi connectivity index (χ3v) is 5.49. The molecule has 0 aliphatic rings. The van der Waals surface area contributed by atoms with Gasteiger partial charge in [0.25, 0.3) is 0 Å². The number of imidazole rings is 1. The van der Waals surface area contributed by atoms with E-state index in [1.807, 2.05) is 41.9 Å². The van der Waals surface area contributed by atoms with Crippen LogP contribution >= 0.6 is 22.7 Å². The first-order valence-electron chi connectivity index (χ1n) is 8.41. The van der Waals surface area contributed by atoms with Crippen LogP contribution in [-0.2, 0) is 0 Å². The second-order valence-corrected chi connectivity index (χ2v) is 9.04. The molecule has 0 saturated heterocycles. The van der Waals surface area contributed by atoms with Crippen LogP contribution in [-0.4, -0.2) is 14.9 Å². The maximum atomic E-state index is 4.86. The monoisotopic (exact) mass is 377 g/mol. The van der Waals surface area contributed by atoms with Gasteiger partial charge in [-0.2, -0.15) is 0 Å². The molecule has 4 aromatic rings. The molecular weight excluding hydrogens is 358 g/mol. The Balaban J connectivity index is 1.76. The van der Waals surface area contributed by atoms with Crippen LogP contribution in [0.5, 0.6) is 0 Å². The lowest BCUT2D eigenvalue weighted by atomic mass is 10.1. The van der Waals surface area contributed by atoms with Crippen molar-refractivity contribution in [2.45, 2.75) is 26.3 Å². The standard InChI is InChI=1S/C21H19N3S2/c1-21(2,3)23-20-19(22-18-8-4-5-13-24(18)20)17-12-11-16(26-17)10-9-15-7-6-14-25-15/h4-8,11-14,23H,1-3H3. The van der Waals surface area contributed by atoms with Crippen LogP contribution in [0.25, 0.3) is 16.2 Å². The van der Waals surface area contributed by atoms with Gasteiger partial charge >= 0.3 is 0 Å². The number of aromatic nitrogens is 2. The summed E-state index contributed by atoms with van der Waals surface area (Å²) in [4.78, 5) is 8.11. The van der Waals surface area contributed by atoms with Crippen molar-refractivity contribution in [2.75, 3.05) is 5.32 Å². The summed E-state index contributed by atoms with van der Waals surface area (Å²) in [5, 5.41) is 5.65.